The van der Waals surface area contributed by atoms with Crippen LogP contribution in [0.5, 0.6) is 0 Å². The van der Waals surface area contributed by atoms with Gasteiger partial charge in [-0.1, -0.05) is 172 Å². The summed E-state index contributed by atoms with van der Waals surface area (Å²) in [6.45, 7) is 7.10. The molecule has 0 aliphatic heterocycles. The Morgan fingerprint density at radius 2 is 0.833 bits per heavy atom. The van der Waals surface area contributed by atoms with Gasteiger partial charge in [-0.25, -0.2) is 0 Å². The van der Waals surface area contributed by atoms with Crippen LogP contribution in [0.3, 0.4) is 0 Å². The summed E-state index contributed by atoms with van der Waals surface area (Å²) in [5.74, 6) is 0. The normalized spacial score (nSPS) is 15.9. The van der Waals surface area contributed by atoms with Gasteiger partial charge < -0.3 is 4.90 Å². The van der Waals surface area contributed by atoms with E-state index in [0.717, 1.165) is 17.1 Å². The molecule has 0 radical (unpaired) electrons. The van der Waals surface area contributed by atoms with Gasteiger partial charge in [-0.3, -0.25) is 0 Å². The van der Waals surface area contributed by atoms with E-state index in [1.54, 1.807) is 0 Å². The van der Waals surface area contributed by atoms with Crippen LogP contribution in [0.2, 0.25) is 0 Å². The highest BCUT2D eigenvalue weighted by atomic mass is 15.1. The Hall–Kier alpha value is -6.44. The molecule has 0 amide bonds. The van der Waals surface area contributed by atoms with Crippen LogP contribution in [-0.4, -0.2) is 0 Å². The minimum absolute atomic E-state index is 0.0904. The highest BCUT2D eigenvalue weighted by Crippen LogP contribution is 2.55. The Labute approximate surface area is 318 Å². The molecule has 0 spiro atoms. The standard InChI is InChI=1S/C53H41N/c1-52(2)47-22-12-10-19-44(47)45-34-33-42(35-50(45)52)54(40-29-25-37(26-30-40)36-15-6-4-7-16-36)41-31-27-38(28-32-41)43-21-14-24-49-51(43)46-20-11-13-23-48(46)53(49,3)39-17-8-5-9-18-39/h4-35H,1-3H3. The Kier molecular flexibility index (Phi) is 7.35. The van der Waals surface area contributed by atoms with Gasteiger partial charge in [-0.2, -0.15) is 0 Å². The van der Waals surface area contributed by atoms with Gasteiger partial charge in [0.2, 0.25) is 0 Å². The zero-order valence-electron chi connectivity index (χ0n) is 30.9. The van der Waals surface area contributed by atoms with Gasteiger partial charge in [0.1, 0.15) is 0 Å². The first-order chi connectivity index (χ1) is 26.4. The molecule has 8 aromatic rings. The molecule has 8 aromatic carbocycles. The highest BCUT2D eigenvalue weighted by Gasteiger charge is 2.41. The second kappa shape index (κ2) is 12.3. The van der Waals surface area contributed by atoms with E-state index in [1.165, 1.54) is 72.3 Å². The third kappa shape index (κ3) is 4.85. The van der Waals surface area contributed by atoms with Gasteiger partial charge >= 0.3 is 0 Å². The molecule has 1 unspecified atom stereocenters. The number of rotatable bonds is 6. The lowest BCUT2D eigenvalue weighted by Gasteiger charge is -2.29. The fraction of sp³-hybridized carbons (Fsp3) is 0.0943. The molecular formula is C53H41N. The van der Waals surface area contributed by atoms with Crippen molar-refractivity contribution in [2.24, 2.45) is 0 Å². The van der Waals surface area contributed by atoms with E-state index < -0.39 is 0 Å². The summed E-state index contributed by atoms with van der Waals surface area (Å²) in [7, 11) is 0. The van der Waals surface area contributed by atoms with E-state index in [2.05, 4.69) is 220 Å². The third-order valence-electron chi connectivity index (χ3n) is 12.2. The van der Waals surface area contributed by atoms with Crippen LogP contribution in [0.1, 0.15) is 48.6 Å². The van der Waals surface area contributed by atoms with Crippen molar-refractivity contribution in [2.45, 2.75) is 31.6 Å². The molecule has 258 valence electrons. The molecular weight excluding hydrogens is 651 g/mol. The predicted octanol–water partition coefficient (Wildman–Crippen LogP) is 14.1. The average Bonchev–Trinajstić information content (AvgIpc) is 3.64. The summed E-state index contributed by atoms with van der Waals surface area (Å²) in [6.07, 6.45) is 0. The fourth-order valence-electron chi connectivity index (χ4n) is 9.37. The monoisotopic (exact) mass is 691 g/mol. The molecule has 10 rings (SSSR count). The molecule has 1 atom stereocenters. The molecule has 0 bridgehead atoms. The molecule has 0 saturated carbocycles. The molecule has 0 fully saturated rings. The minimum atomic E-state index is -0.229. The van der Waals surface area contributed by atoms with E-state index in [1.807, 2.05) is 0 Å². The highest BCUT2D eigenvalue weighted by molar-refractivity contribution is 5.94. The topological polar surface area (TPSA) is 3.24 Å². The van der Waals surface area contributed by atoms with Crippen molar-refractivity contribution in [1.82, 2.24) is 0 Å². The fourth-order valence-corrected chi connectivity index (χ4v) is 9.37. The molecule has 2 aliphatic rings. The van der Waals surface area contributed by atoms with Crippen LogP contribution in [-0.2, 0) is 10.8 Å². The summed E-state index contributed by atoms with van der Waals surface area (Å²) in [5, 5.41) is 0. The van der Waals surface area contributed by atoms with E-state index in [-0.39, 0.29) is 10.8 Å². The van der Waals surface area contributed by atoms with Crippen LogP contribution < -0.4 is 4.90 Å². The molecule has 2 aliphatic carbocycles. The van der Waals surface area contributed by atoms with Crippen molar-refractivity contribution >= 4 is 17.1 Å². The molecule has 1 heteroatoms. The Bertz CT molecular complexity index is 2670. The van der Waals surface area contributed by atoms with E-state index in [4.69, 9.17) is 0 Å². The number of fused-ring (bicyclic) bond motifs is 6. The molecule has 0 heterocycles. The smallest absolute Gasteiger partial charge is 0.0465 e. The zero-order chi connectivity index (χ0) is 36.4. The van der Waals surface area contributed by atoms with E-state index >= 15 is 0 Å². The number of hydrogen-bond donors (Lipinski definition) is 0. The second-order valence-electron chi connectivity index (χ2n) is 15.5. The summed E-state index contributed by atoms with van der Waals surface area (Å²) in [5.41, 5.74) is 20.1. The number of anilines is 3. The molecule has 1 nitrogen and oxygen atoms in total. The molecule has 0 saturated heterocycles. The van der Waals surface area contributed by atoms with Crippen LogP contribution in [0.4, 0.5) is 17.1 Å². The van der Waals surface area contributed by atoms with Crippen LogP contribution in [0, 0.1) is 0 Å². The predicted molar refractivity (Wildman–Crippen MR) is 227 cm³/mol. The maximum atomic E-state index is 2.42. The van der Waals surface area contributed by atoms with Gasteiger partial charge in [-0.15, -0.1) is 0 Å². The molecule has 0 N–H and O–H groups in total. The van der Waals surface area contributed by atoms with Crippen molar-refractivity contribution < 1.29 is 0 Å². The first-order valence-electron chi connectivity index (χ1n) is 19.0. The third-order valence-corrected chi connectivity index (χ3v) is 12.2. The largest absolute Gasteiger partial charge is 0.310 e. The van der Waals surface area contributed by atoms with Crippen molar-refractivity contribution in [1.29, 1.82) is 0 Å². The summed E-state index contributed by atoms with van der Waals surface area (Å²) in [4.78, 5) is 2.41. The van der Waals surface area contributed by atoms with Gasteiger partial charge in [0.25, 0.3) is 0 Å². The van der Waals surface area contributed by atoms with Crippen molar-refractivity contribution in [2.75, 3.05) is 4.90 Å². The lowest BCUT2D eigenvalue weighted by atomic mass is 9.74. The Balaban J connectivity index is 1.09. The van der Waals surface area contributed by atoms with Gasteiger partial charge in [0, 0.05) is 27.9 Å². The first kappa shape index (κ1) is 32.2. The van der Waals surface area contributed by atoms with Crippen LogP contribution in [0.25, 0.3) is 44.5 Å². The van der Waals surface area contributed by atoms with Gasteiger partial charge in [0.05, 0.1) is 0 Å². The SMILES string of the molecule is CC1(C)c2ccccc2-c2ccc(N(c3ccc(-c4ccccc4)cc3)c3ccc(-c4cccc5c4-c4ccccc4C5(C)c4ccccc4)cc3)cc21. The van der Waals surface area contributed by atoms with Gasteiger partial charge in [0.15, 0.2) is 0 Å². The Morgan fingerprint density at radius 1 is 0.333 bits per heavy atom. The average molecular weight is 692 g/mol. The molecule has 0 aromatic heterocycles. The quantitative estimate of drug-likeness (QED) is 0.168. The minimum Gasteiger partial charge on any atom is -0.310 e. The number of benzene rings is 8. The molecule has 54 heavy (non-hydrogen) atoms. The lowest BCUT2D eigenvalue weighted by Crippen LogP contribution is -2.22. The summed E-state index contributed by atoms with van der Waals surface area (Å²) >= 11 is 0. The zero-order valence-corrected chi connectivity index (χ0v) is 30.9. The first-order valence-corrected chi connectivity index (χ1v) is 19.0. The Morgan fingerprint density at radius 3 is 1.54 bits per heavy atom. The maximum absolute atomic E-state index is 2.42. The van der Waals surface area contributed by atoms with E-state index in [0.29, 0.717) is 0 Å². The number of nitrogens with zero attached hydrogens (tertiary/aromatic N) is 1. The summed E-state index contributed by atoms with van der Waals surface area (Å²) < 4.78 is 0. The maximum Gasteiger partial charge on any atom is 0.0465 e. The second-order valence-corrected chi connectivity index (χ2v) is 15.5. The van der Waals surface area contributed by atoms with Gasteiger partial charge in [-0.05, 0) is 116 Å². The van der Waals surface area contributed by atoms with Crippen molar-refractivity contribution in [3.63, 3.8) is 0 Å². The summed E-state index contributed by atoms with van der Waals surface area (Å²) in [6, 6.07) is 71.5. The van der Waals surface area contributed by atoms with Crippen molar-refractivity contribution in [3.05, 3.63) is 222 Å². The van der Waals surface area contributed by atoms with Crippen LogP contribution in [0.15, 0.2) is 194 Å². The van der Waals surface area contributed by atoms with Crippen molar-refractivity contribution in [3.8, 4) is 44.5 Å². The van der Waals surface area contributed by atoms with E-state index in [9.17, 15) is 0 Å². The van der Waals surface area contributed by atoms with Crippen LogP contribution >= 0.6 is 0 Å². The number of hydrogen-bond acceptors (Lipinski definition) is 1. The lowest BCUT2D eigenvalue weighted by molar-refractivity contribution is 0.660.